The molecule has 0 aromatic rings. The molecule has 0 N–H and O–H groups in total. The summed E-state index contributed by atoms with van der Waals surface area (Å²) >= 11 is 0. The Bertz CT molecular complexity index is 868. The molecule has 0 rings (SSSR count). The fraction of sp³-hybridized carbons (Fsp3) is 0.594. The molecule has 0 saturated carbocycles. The first-order valence-electron chi connectivity index (χ1n) is 13.6. The van der Waals surface area contributed by atoms with E-state index in [1.165, 1.54) is 34.1 Å². The predicted molar refractivity (Wildman–Crippen MR) is 154 cm³/mol. The van der Waals surface area contributed by atoms with Crippen LogP contribution in [0, 0.1) is 0 Å². The average molecular weight is 498 g/mol. The van der Waals surface area contributed by atoms with Gasteiger partial charge in [-0.15, -0.1) is 0 Å². The summed E-state index contributed by atoms with van der Waals surface area (Å²) in [6.45, 7) is 15.8. The van der Waals surface area contributed by atoms with Crippen LogP contribution < -0.4 is 0 Å². The summed E-state index contributed by atoms with van der Waals surface area (Å²) in [7, 11) is 0. The molecule has 0 unspecified atom stereocenters. The zero-order valence-corrected chi connectivity index (χ0v) is 24.3. The Kier molecular flexibility index (Phi) is 18.3. The van der Waals surface area contributed by atoms with Gasteiger partial charge in [-0.1, -0.05) is 52.7 Å². The van der Waals surface area contributed by atoms with Gasteiger partial charge in [-0.25, -0.2) is 0 Å². The molecule has 4 nitrogen and oxygen atoms in total. The van der Waals surface area contributed by atoms with E-state index in [0.29, 0.717) is 18.5 Å². The van der Waals surface area contributed by atoms with E-state index in [2.05, 4.69) is 52.0 Å². The number of amides is 2. The van der Waals surface area contributed by atoms with Crippen LogP contribution in [0.3, 0.4) is 0 Å². The lowest BCUT2D eigenvalue weighted by Crippen LogP contribution is -2.35. The summed E-state index contributed by atoms with van der Waals surface area (Å²) in [6.07, 6.45) is 20.8. The van der Waals surface area contributed by atoms with Crippen molar-refractivity contribution in [3.63, 3.8) is 0 Å². The number of imide groups is 1. The minimum absolute atomic E-state index is 0.189. The van der Waals surface area contributed by atoms with Gasteiger partial charge in [-0.2, -0.15) is 0 Å². The van der Waals surface area contributed by atoms with Crippen molar-refractivity contribution in [2.24, 2.45) is 0 Å². The Morgan fingerprint density at radius 3 is 1.17 bits per heavy atom. The largest absolute Gasteiger partial charge is 0.300 e. The molecule has 0 aliphatic rings. The molecule has 0 fully saturated rings. The molecular formula is C32H51NO3. The first kappa shape index (κ1) is 33.5. The van der Waals surface area contributed by atoms with Crippen LogP contribution in [0.1, 0.15) is 120 Å². The Morgan fingerprint density at radius 2 is 0.861 bits per heavy atom. The molecule has 0 aromatic heterocycles. The monoisotopic (exact) mass is 497 g/mol. The third-order valence-electron chi connectivity index (χ3n) is 6.35. The highest BCUT2D eigenvalue weighted by Crippen LogP contribution is 2.15. The zero-order chi connectivity index (χ0) is 27.5. The molecule has 0 bridgehead atoms. The predicted octanol–water partition coefficient (Wildman–Crippen LogP) is 8.60. The maximum atomic E-state index is 12.3. The first-order chi connectivity index (χ1) is 17.0. The van der Waals surface area contributed by atoms with E-state index >= 15 is 0 Å². The van der Waals surface area contributed by atoms with Gasteiger partial charge in [0.25, 0.3) is 5.91 Å². The Morgan fingerprint density at radius 1 is 0.528 bits per heavy atom. The maximum Gasteiger partial charge on any atom is 0.255 e. The number of nitrogens with zero attached hydrogens (tertiary/aromatic N) is 1. The van der Waals surface area contributed by atoms with E-state index in [9.17, 15) is 14.4 Å². The maximum absolute atomic E-state index is 12.3. The zero-order valence-electron chi connectivity index (χ0n) is 24.3. The van der Waals surface area contributed by atoms with Crippen LogP contribution >= 0.6 is 0 Å². The number of allylic oxidation sites excluding steroid dienone is 9. The lowest BCUT2D eigenvalue weighted by molar-refractivity contribution is -0.140. The molecule has 0 spiro atoms. The number of Topliss-reactive ketones (excluding diaryl/α,β-unsaturated/α-hetero) is 1. The third kappa shape index (κ3) is 17.0. The Labute approximate surface area is 221 Å². The molecule has 2 amide bonds. The van der Waals surface area contributed by atoms with Gasteiger partial charge < -0.3 is 4.79 Å². The topological polar surface area (TPSA) is 54.5 Å². The highest BCUT2D eigenvalue weighted by molar-refractivity contribution is 6.03. The number of likely N-dealkylation sites (N-methyl/N-ethyl adjacent to an activating group) is 1. The minimum Gasteiger partial charge on any atom is -0.300 e. The lowest BCUT2D eigenvalue weighted by Gasteiger charge is -2.17. The lowest BCUT2D eigenvalue weighted by atomic mass is 10.0. The molecule has 0 saturated heterocycles. The first-order valence-corrected chi connectivity index (χ1v) is 13.6. The molecule has 202 valence electrons. The van der Waals surface area contributed by atoms with Crippen LogP contribution in [0.25, 0.3) is 0 Å². The Hall–Kier alpha value is -2.49. The van der Waals surface area contributed by atoms with E-state index in [0.717, 1.165) is 57.8 Å². The van der Waals surface area contributed by atoms with Crippen molar-refractivity contribution < 1.29 is 14.4 Å². The highest BCUT2D eigenvalue weighted by Gasteiger charge is 2.16. The average Bonchev–Trinajstić information content (AvgIpc) is 2.78. The van der Waals surface area contributed by atoms with Crippen molar-refractivity contribution in [2.45, 2.75) is 120 Å². The van der Waals surface area contributed by atoms with E-state index in [-0.39, 0.29) is 17.6 Å². The molecule has 0 heterocycles. The quantitative estimate of drug-likeness (QED) is 0.149. The van der Waals surface area contributed by atoms with Crippen molar-refractivity contribution in [3.8, 4) is 0 Å². The number of ketones is 1. The summed E-state index contributed by atoms with van der Waals surface area (Å²) in [5, 5.41) is 0. The van der Waals surface area contributed by atoms with Gasteiger partial charge in [-0.05, 0) is 106 Å². The fourth-order valence-corrected chi connectivity index (χ4v) is 3.89. The Balaban J connectivity index is 4.31. The van der Waals surface area contributed by atoms with Crippen LogP contribution in [0.2, 0.25) is 0 Å². The van der Waals surface area contributed by atoms with Crippen LogP contribution in [-0.2, 0) is 14.4 Å². The second-order valence-corrected chi connectivity index (χ2v) is 10.1. The van der Waals surface area contributed by atoms with E-state index in [4.69, 9.17) is 0 Å². The second-order valence-electron chi connectivity index (χ2n) is 10.1. The van der Waals surface area contributed by atoms with Gasteiger partial charge >= 0.3 is 0 Å². The number of carbonyl (C=O) groups excluding carboxylic acids is 3. The van der Waals surface area contributed by atoms with Crippen molar-refractivity contribution >= 4 is 17.6 Å². The second kappa shape index (κ2) is 19.7. The molecular weight excluding hydrogens is 446 g/mol. The van der Waals surface area contributed by atoms with E-state index in [1.807, 2.05) is 13.0 Å². The molecule has 0 radical (unpaired) electrons. The minimum atomic E-state index is -0.206. The summed E-state index contributed by atoms with van der Waals surface area (Å²) in [4.78, 5) is 36.1. The van der Waals surface area contributed by atoms with Crippen molar-refractivity contribution in [1.29, 1.82) is 0 Å². The highest BCUT2D eigenvalue weighted by atomic mass is 16.2. The van der Waals surface area contributed by atoms with Gasteiger partial charge in [0, 0.05) is 25.5 Å². The summed E-state index contributed by atoms with van der Waals surface area (Å²) in [5.41, 5.74) is 6.22. The van der Waals surface area contributed by atoms with E-state index < -0.39 is 0 Å². The van der Waals surface area contributed by atoms with Gasteiger partial charge in [0.2, 0.25) is 5.91 Å². The molecule has 0 atom stereocenters. The fourth-order valence-electron chi connectivity index (χ4n) is 3.89. The normalized spacial score (nSPS) is 13.7. The van der Waals surface area contributed by atoms with Crippen LogP contribution in [-0.4, -0.2) is 29.0 Å². The van der Waals surface area contributed by atoms with E-state index in [1.54, 1.807) is 13.8 Å². The summed E-state index contributed by atoms with van der Waals surface area (Å²) in [6, 6.07) is 0. The van der Waals surface area contributed by atoms with Crippen LogP contribution in [0.15, 0.2) is 58.2 Å². The molecule has 4 heteroatoms. The van der Waals surface area contributed by atoms with Gasteiger partial charge in [0.05, 0.1) is 0 Å². The SMILES string of the molecule is CCN(C(C)=O)C(=O)C(C)=CCCC(C)=CCCC(C)=CCCC(C)=CCCC(C)=CCCC(C)=O. The molecule has 36 heavy (non-hydrogen) atoms. The molecule has 0 aliphatic carbocycles. The van der Waals surface area contributed by atoms with Gasteiger partial charge in [0.15, 0.2) is 0 Å². The van der Waals surface area contributed by atoms with Crippen molar-refractivity contribution in [1.82, 2.24) is 4.90 Å². The summed E-state index contributed by atoms with van der Waals surface area (Å²) < 4.78 is 0. The van der Waals surface area contributed by atoms with Gasteiger partial charge in [0.1, 0.15) is 5.78 Å². The van der Waals surface area contributed by atoms with Crippen molar-refractivity contribution in [3.05, 3.63) is 58.2 Å². The number of rotatable bonds is 17. The molecule has 0 aromatic carbocycles. The standard InChI is InChI=1S/C32H51NO3/c1-9-33(31(8)35)32(36)29(6)23-13-21-27(4)19-11-17-25(2)15-10-16-26(3)18-12-20-28(5)22-14-24-30(7)34/h15,18-19,22-23H,9-14,16-17,20-21,24H2,1-8H3. The third-order valence-corrected chi connectivity index (χ3v) is 6.35. The number of hydrogen-bond acceptors (Lipinski definition) is 3. The van der Waals surface area contributed by atoms with Crippen LogP contribution in [0.5, 0.6) is 0 Å². The number of hydrogen-bond donors (Lipinski definition) is 0. The van der Waals surface area contributed by atoms with Gasteiger partial charge in [-0.3, -0.25) is 14.5 Å². The number of carbonyl (C=O) groups is 3. The smallest absolute Gasteiger partial charge is 0.255 e. The summed E-state index contributed by atoms with van der Waals surface area (Å²) in [5.74, 6) is -0.138. The molecule has 0 aliphatic heterocycles. The van der Waals surface area contributed by atoms with Crippen LogP contribution in [0.4, 0.5) is 0 Å². The van der Waals surface area contributed by atoms with Crippen molar-refractivity contribution in [2.75, 3.05) is 6.54 Å².